The molecule has 2 aromatic rings. The molecule has 1 aliphatic heterocycles. The third-order valence-electron chi connectivity index (χ3n) is 2.78. The third-order valence-corrected chi connectivity index (χ3v) is 3.02. The highest BCUT2D eigenvalue weighted by atomic mass is 35.5. The summed E-state index contributed by atoms with van der Waals surface area (Å²) < 4.78 is 5.71. The second-order valence-corrected chi connectivity index (χ2v) is 4.47. The number of rotatable bonds is 1. The Morgan fingerprint density at radius 1 is 1.11 bits per heavy atom. The molecule has 0 unspecified atom stereocenters. The Labute approximate surface area is 109 Å². The van der Waals surface area contributed by atoms with Gasteiger partial charge in [-0.1, -0.05) is 41.9 Å². The molecular weight excluding hydrogens is 250 g/mol. The van der Waals surface area contributed by atoms with E-state index in [1.807, 2.05) is 30.3 Å². The van der Waals surface area contributed by atoms with Gasteiger partial charge in [-0.15, -0.1) is 0 Å². The maximum Gasteiger partial charge on any atom is 0.270 e. The zero-order valence-electron chi connectivity index (χ0n) is 9.39. The fraction of sp³-hybridized carbons (Fsp3) is 0.0714. The van der Waals surface area contributed by atoms with Crippen molar-refractivity contribution in [1.29, 1.82) is 0 Å². The summed E-state index contributed by atoms with van der Waals surface area (Å²) in [6.07, 6.45) is -0.611. The molecule has 18 heavy (non-hydrogen) atoms. The first-order valence-electron chi connectivity index (χ1n) is 5.56. The molecular formula is C14H10ClNO2. The molecule has 3 rings (SSSR count). The van der Waals surface area contributed by atoms with E-state index in [2.05, 4.69) is 5.32 Å². The van der Waals surface area contributed by atoms with Crippen molar-refractivity contribution in [3.05, 3.63) is 59.1 Å². The molecule has 90 valence electrons. The molecule has 1 N–H and O–H groups in total. The molecule has 0 radical (unpaired) electrons. The molecule has 0 saturated carbocycles. The molecule has 1 amide bonds. The Bertz CT molecular complexity index is 598. The largest absolute Gasteiger partial charge is 0.474 e. The highest BCUT2D eigenvalue weighted by Gasteiger charge is 2.28. The monoisotopic (exact) mass is 259 g/mol. The van der Waals surface area contributed by atoms with E-state index in [1.165, 1.54) is 0 Å². The van der Waals surface area contributed by atoms with Gasteiger partial charge >= 0.3 is 0 Å². The lowest BCUT2D eigenvalue weighted by Crippen LogP contribution is -2.30. The molecule has 1 aliphatic rings. The molecule has 0 bridgehead atoms. The second-order valence-electron chi connectivity index (χ2n) is 4.04. The average Bonchev–Trinajstić information content (AvgIpc) is 2.39. The van der Waals surface area contributed by atoms with Crippen LogP contribution < -0.4 is 10.1 Å². The van der Waals surface area contributed by atoms with Crippen molar-refractivity contribution >= 4 is 23.2 Å². The molecule has 0 aliphatic carbocycles. The number of benzene rings is 2. The standard InChI is InChI=1S/C14H10ClNO2/c15-10-6-7-12-11(8-10)16-14(17)13(18-12)9-4-2-1-3-5-9/h1-8,13H,(H,16,17)/t13-/m1/s1. The van der Waals surface area contributed by atoms with Crippen molar-refractivity contribution in [2.45, 2.75) is 6.10 Å². The Morgan fingerprint density at radius 2 is 1.89 bits per heavy atom. The van der Waals surface area contributed by atoms with E-state index in [0.29, 0.717) is 16.5 Å². The molecule has 0 aromatic heterocycles. The molecule has 1 atom stereocenters. The SMILES string of the molecule is O=C1Nc2cc(Cl)ccc2O[C@@H]1c1ccccc1. The number of anilines is 1. The van der Waals surface area contributed by atoms with Gasteiger partial charge in [-0.2, -0.15) is 0 Å². The van der Waals surface area contributed by atoms with Crippen LogP contribution in [0, 0.1) is 0 Å². The van der Waals surface area contributed by atoms with Crippen molar-refractivity contribution in [3.8, 4) is 5.75 Å². The van der Waals surface area contributed by atoms with Crippen molar-refractivity contribution < 1.29 is 9.53 Å². The minimum Gasteiger partial charge on any atom is -0.474 e. The molecule has 0 spiro atoms. The van der Waals surface area contributed by atoms with E-state index in [-0.39, 0.29) is 5.91 Å². The fourth-order valence-corrected chi connectivity index (χ4v) is 2.10. The number of fused-ring (bicyclic) bond motifs is 1. The van der Waals surface area contributed by atoms with Crippen LogP contribution in [0.3, 0.4) is 0 Å². The maximum atomic E-state index is 12.0. The van der Waals surface area contributed by atoms with Crippen LogP contribution in [0.15, 0.2) is 48.5 Å². The molecule has 4 heteroatoms. The van der Waals surface area contributed by atoms with Crippen LogP contribution in [0.1, 0.15) is 11.7 Å². The van der Waals surface area contributed by atoms with Gasteiger partial charge in [-0.25, -0.2) is 0 Å². The number of hydrogen-bond donors (Lipinski definition) is 1. The number of carbonyl (C=O) groups excluding carboxylic acids is 1. The van der Waals surface area contributed by atoms with Crippen LogP contribution in [0.5, 0.6) is 5.75 Å². The Balaban J connectivity index is 1.97. The van der Waals surface area contributed by atoms with Crippen LogP contribution in [-0.2, 0) is 4.79 Å². The van der Waals surface area contributed by atoms with Gasteiger partial charge in [-0.05, 0) is 18.2 Å². The van der Waals surface area contributed by atoms with Gasteiger partial charge in [0.05, 0.1) is 5.69 Å². The average molecular weight is 260 g/mol. The van der Waals surface area contributed by atoms with E-state index in [9.17, 15) is 4.79 Å². The van der Waals surface area contributed by atoms with Gasteiger partial charge in [0.1, 0.15) is 5.75 Å². The summed E-state index contributed by atoms with van der Waals surface area (Å²) in [7, 11) is 0. The Hall–Kier alpha value is -2.00. The van der Waals surface area contributed by atoms with Crippen LogP contribution in [0.25, 0.3) is 0 Å². The zero-order chi connectivity index (χ0) is 12.5. The van der Waals surface area contributed by atoms with Gasteiger partial charge in [0, 0.05) is 10.6 Å². The topological polar surface area (TPSA) is 38.3 Å². The number of nitrogens with one attached hydrogen (secondary N) is 1. The van der Waals surface area contributed by atoms with Crippen LogP contribution in [0.2, 0.25) is 5.02 Å². The van der Waals surface area contributed by atoms with Crippen molar-refractivity contribution in [3.63, 3.8) is 0 Å². The van der Waals surface area contributed by atoms with Gasteiger partial charge in [0.2, 0.25) is 6.10 Å². The molecule has 0 saturated heterocycles. The minimum atomic E-state index is -0.611. The summed E-state index contributed by atoms with van der Waals surface area (Å²) in [6.45, 7) is 0. The molecule has 3 nitrogen and oxygen atoms in total. The summed E-state index contributed by atoms with van der Waals surface area (Å²) in [6, 6.07) is 14.6. The lowest BCUT2D eigenvalue weighted by Gasteiger charge is -2.26. The van der Waals surface area contributed by atoms with E-state index in [1.54, 1.807) is 18.2 Å². The molecule has 2 aromatic carbocycles. The van der Waals surface area contributed by atoms with Crippen molar-refractivity contribution in [1.82, 2.24) is 0 Å². The zero-order valence-corrected chi connectivity index (χ0v) is 10.1. The fourth-order valence-electron chi connectivity index (χ4n) is 1.93. The molecule has 0 fully saturated rings. The van der Waals surface area contributed by atoms with Crippen LogP contribution >= 0.6 is 11.6 Å². The van der Waals surface area contributed by atoms with Gasteiger partial charge < -0.3 is 10.1 Å². The summed E-state index contributed by atoms with van der Waals surface area (Å²) in [5.41, 5.74) is 1.44. The maximum absolute atomic E-state index is 12.0. The highest BCUT2D eigenvalue weighted by molar-refractivity contribution is 6.31. The number of amides is 1. The van der Waals surface area contributed by atoms with E-state index < -0.39 is 6.10 Å². The summed E-state index contributed by atoms with van der Waals surface area (Å²) in [5, 5.41) is 3.37. The predicted octanol–water partition coefficient (Wildman–Crippen LogP) is 3.41. The first kappa shape index (κ1) is 11.1. The quantitative estimate of drug-likeness (QED) is 0.852. The van der Waals surface area contributed by atoms with E-state index >= 15 is 0 Å². The second kappa shape index (κ2) is 4.35. The highest BCUT2D eigenvalue weighted by Crippen LogP contribution is 2.36. The van der Waals surface area contributed by atoms with Crippen molar-refractivity contribution in [2.75, 3.05) is 5.32 Å². The van der Waals surface area contributed by atoms with Crippen LogP contribution in [-0.4, -0.2) is 5.91 Å². The normalized spacial score (nSPS) is 17.6. The lowest BCUT2D eigenvalue weighted by atomic mass is 10.1. The molecule has 1 heterocycles. The number of carbonyl (C=O) groups is 1. The minimum absolute atomic E-state index is 0.184. The summed E-state index contributed by atoms with van der Waals surface area (Å²) >= 11 is 5.87. The number of ether oxygens (including phenoxy) is 1. The van der Waals surface area contributed by atoms with Gasteiger partial charge in [0.15, 0.2) is 0 Å². The van der Waals surface area contributed by atoms with Crippen molar-refractivity contribution in [2.24, 2.45) is 0 Å². The Morgan fingerprint density at radius 3 is 2.67 bits per heavy atom. The van der Waals surface area contributed by atoms with E-state index in [0.717, 1.165) is 5.56 Å². The Kier molecular flexibility index (Phi) is 2.68. The van der Waals surface area contributed by atoms with Crippen LogP contribution in [0.4, 0.5) is 5.69 Å². The number of hydrogen-bond acceptors (Lipinski definition) is 2. The lowest BCUT2D eigenvalue weighted by molar-refractivity contribution is -0.123. The third kappa shape index (κ3) is 1.93. The first-order chi connectivity index (χ1) is 8.74. The predicted molar refractivity (Wildman–Crippen MR) is 69.9 cm³/mol. The van der Waals surface area contributed by atoms with Gasteiger partial charge in [-0.3, -0.25) is 4.79 Å². The first-order valence-corrected chi connectivity index (χ1v) is 5.94. The van der Waals surface area contributed by atoms with Gasteiger partial charge in [0.25, 0.3) is 5.91 Å². The summed E-state index contributed by atoms with van der Waals surface area (Å²) in [5.74, 6) is 0.448. The smallest absolute Gasteiger partial charge is 0.270 e. The number of halogens is 1. The van der Waals surface area contributed by atoms with E-state index in [4.69, 9.17) is 16.3 Å². The summed E-state index contributed by atoms with van der Waals surface area (Å²) in [4.78, 5) is 12.0.